The molecule has 1 saturated heterocycles. The summed E-state index contributed by atoms with van der Waals surface area (Å²) in [4.78, 5) is 15.0. The number of hydrogen-bond donors (Lipinski definition) is 2. The molecular formula is C24H37N5. The van der Waals surface area contributed by atoms with Gasteiger partial charge in [-0.3, -0.25) is 0 Å². The third-order valence-corrected chi connectivity index (χ3v) is 7.19. The van der Waals surface area contributed by atoms with Crippen LogP contribution < -0.4 is 5.32 Å². The van der Waals surface area contributed by atoms with E-state index in [4.69, 9.17) is 4.98 Å². The monoisotopic (exact) mass is 395 g/mol. The minimum absolute atomic E-state index is 0.572. The molecule has 29 heavy (non-hydrogen) atoms. The molecular weight excluding hydrogens is 358 g/mol. The van der Waals surface area contributed by atoms with Gasteiger partial charge < -0.3 is 15.2 Å². The fourth-order valence-corrected chi connectivity index (χ4v) is 5.25. The highest BCUT2D eigenvalue weighted by molar-refractivity contribution is 5.69. The van der Waals surface area contributed by atoms with Gasteiger partial charge in [-0.05, 0) is 82.1 Å². The van der Waals surface area contributed by atoms with Crippen molar-refractivity contribution in [3.8, 4) is 0 Å². The second-order valence-electron chi connectivity index (χ2n) is 9.66. The lowest BCUT2D eigenvalue weighted by molar-refractivity contribution is 0.197. The van der Waals surface area contributed by atoms with Gasteiger partial charge in [0.1, 0.15) is 5.82 Å². The van der Waals surface area contributed by atoms with Crippen molar-refractivity contribution < 1.29 is 0 Å². The molecule has 0 radical (unpaired) electrons. The molecule has 4 rings (SSSR count). The average Bonchev–Trinajstić information content (AvgIpc) is 3.11. The largest absolute Gasteiger partial charge is 0.341 e. The third kappa shape index (κ3) is 4.89. The van der Waals surface area contributed by atoms with Gasteiger partial charge in [0, 0.05) is 25.2 Å². The molecule has 3 atom stereocenters. The Balaban J connectivity index is 1.42. The van der Waals surface area contributed by atoms with Gasteiger partial charge in [-0.15, -0.1) is 0 Å². The molecule has 1 aliphatic heterocycles. The van der Waals surface area contributed by atoms with E-state index < -0.39 is 0 Å². The highest BCUT2D eigenvalue weighted by atomic mass is 15.1. The third-order valence-electron chi connectivity index (χ3n) is 7.19. The van der Waals surface area contributed by atoms with E-state index in [-0.39, 0.29) is 0 Å². The van der Waals surface area contributed by atoms with Crippen LogP contribution in [0.25, 0.3) is 11.2 Å². The summed E-state index contributed by atoms with van der Waals surface area (Å²) in [6.07, 6.45) is 9.18. The first-order valence-electron chi connectivity index (χ1n) is 11.4. The maximum atomic E-state index is 4.72. The van der Waals surface area contributed by atoms with Crippen LogP contribution in [-0.2, 0) is 6.42 Å². The number of pyridine rings is 1. The molecule has 0 amide bonds. The molecule has 3 heterocycles. The predicted octanol–water partition coefficient (Wildman–Crippen LogP) is 4.04. The first kappa shape index (κ1) is 20.5. The normalized spacial score (nSPS) is 26.9. The Kier molecular flexibility index (Phi) is 6.35. The van der Waals surface area contributed by atoms with Crippen LogP contribution in [0.4, 0.5) is 0 Å². The summed E-state index contributed by atoms with van der Waals surface area (Å²) < 4.78 is 0. The average molecular weight is 396 g/mol. The van der Waals surface area contributed by atoms with E-state index >= 15 is 0 Å². The second kappa shape index (κ2) is 8.97. The van der Waals surface area contributed by atoms with Crippen LogP contribution in [0.3, 0.4) is 0 Å². The lowest BCUT2D eigenvalue weighted by atomic mass is 9.69. The SMILES string of the molecule is CC1=C[C@@H](CNC2CCN(C)CC2)[C@H](C(C)C)C[C@H]1Cc1nc2ncccc2[nH]1. The fraction of sp³-hybridized carbons (Fsp3) is 0.667. The van der Waals surface area contributed by atoms with Gasteiger partial charge in [-0.25, -0.2) is 9.97 Å². The standard InChI is InChI=1S/C24H37N5/c1-16(2)21-13-18(14-23-27-22-6-5-9-25-24(22)28-23)17(3)12-19(21)15-26-20-7-10-29(4)11-8-20/h5-6,9,12,16,18-21,26H,7-8,10-11,13-15H2,1-4H3,(H,25,27,28)/t18-,19-,21-/m0/s1. The van der Waals surface area contributed by atoms with Gasteiger partial charge in [0.15, 0.2) is 5.65 Å². The molecule has 0 aromatic carbocycles. The molecule has 0 spiro atoms. The van der Waals surface area contributed by atoms with E-state index in [1.807, 2.05) is 12.3 Å². The Hall–Kier alpha value is -1.72. The zero-order valence-electron chi connectivity index (χ0n) is 18.5. The summed E-state index contributed by atoms with van der Waals surface area (Å²) in [6, 6.07) is 4.71. The van der Waals surface area contributed by atoms with Gasteiger partial charge in [0.05, 0.1) is 5.52 Å². The number of H-pyrrole nitrogens is 1. The number of imidazole rings is 1. The predicted molar refractivity (Wildman–Crippen MR) is 120 cm³/mol. The number of rotatable bonds is 6. The Bertz CT molecular complexity index is 798. The summed E-state index contributed by atoms with van der Waals surface area (Å²) >= 11 is 0. The molecule has 5 nitrogen and oxygen atoms in total. The zero-order valence-corrected chi connectivity index (χ0v) is 18.5. The lowest BCUT2D eigenvalue weighted by Gasteiger charge is -2.38. The maximum absolute atomic E-state index is 4.72. The van der Waals surface area contributed by atoms with Crippen molar-refractivity contribution in [2.75, 3.05) is 26.7 Å². The summed E-state index contributed by atoms with van der Waals surface area (Å²) in [5.74, 6) is 3.71. The smallest absolute Gasteiger partial charge is 0.177 e. The topological polar surface area (TPSA) is 56.8 Å². The van der Waals surface area contributed by atoms with E-state index in [9.17, 15) is 0 Å². The fourth-order valence-electron chi connectivity index (χ4n) is 5.25. The summed E-state index contributed by atoms with van der Waals surface area (Å²) in [5.41, 5.74) is 3.41. The van der Waals surface area contributed by atoms with Crippen LogP contribution in [0.15, 0.2) is 30.0 Å². The van der Waals surface area contributed by atoms with Gasteiger partial charge in [-0.2, -0.15) is 0 Å². The number of aromatic amines is 1. The number of hydrogen-bond acceptors (Lipinski definition) is 4. The van der Waals surface area contributed by atoms with Crippen molar-refractivity contribution in [1.29, 1.82) is 0 Å². The van der Waals surface area contributed by atoms with Crippen LogP contribution in [0.5, 0.6) is 0 Å². The summed E-state index contributed by atoms with van der Waals surface area (Å²) in [6.45, 7) is 10.7. The Labute approximate surface area is 175 Å². The molecule has 2 N–H and O–H groups in total. The minimum atomic E-state index is 0.572. The first-order chi connectivity index (χ1) is 14.0. The maximum Gasteiger partial charge on any atom is 0.177 e. The molecule has 0 saturated carbocycles. The number of allylic oxidation sites excluding steroid dienone is 1. The molecule has 2 aliphatic rings. The van der Waals surface area contributed by atoms with Crippen molar-refractivity contribution in [3.05, 3.63) is 35.8 Å². The number of likely N-dealkylation sites (tertiary alicyclic amines) is 1. The van der Waals surface area contributed by atoms with Crippen molar-refractivity contribution in [2.24, 2.45) is 23.7 Å². The molecule has 0 unspecified atom stereocenters. The molecule has 2 aromatic heterocycles. The Morgan fingerprint density at radius 1 is 1.28 bits per heavy atom. The van der Waals surface area contributed by atoms with Crippen LogP contribution in [-0.4, -0.2) is 52.6 Å². The molecule has 158 valence electrons. The van der Waals surface area contributed by atoms with E-state index in [0.29, 0.717) is 23.8 Å². The van der Waals surface area contributed by atoms with E-state index in [1.54, 1.807) is 0 Å². The Morgan fingerprint density at radius 2 is 2.07 bits per heavy atom. The molecule has 5 heteroatoms. The molecule has 0 bridgehead atoms. The second-order valence-corrected chi connectivity index (χ2v) is 9.66. The van der Waals surface area contributed by atoms with Gasteiger partial charge in [0.25, 0.3) is 0 Å². The highest BCUT2D eigenvalue weighted by Crippen LogP contribution is 2.38. The van der Waals surface area contributed by atoms with Crippen molar-refractivity contribution in [1.82, 2.24) is 25.2 Å². The van der Waals surface area contributed by atoms with E-state index in [2.05, 4.69) is 60.1 Å². The summed E-state index contributed by atoms with van der Waals surface area (Å²) in [5, 5.41) is 3.90. The van der Waals surface area contributed by atoms with Crippen LogP contribution in [0.1, 0.15) is 45.9 Å². The van der Waals surface area contributed by atoms with Crippen molar-refractivity contribution in [3.63, 3.8) is 0 Å². The van der Waals surface area contributed by atoms with Crippen molar-refractivity contribution in [2.45, 2.75) is 52.5 Å². The Morgan fingerprint density at radius 3 is 2.79 bits per heavy atom. The lowest BCUT2D eigenvalue weighted by Crippen LogP contribution is -2.44. The quantitative estimate of drug-likeness (QED) is 0.725. The zero-order chi connectivity index (χ0) is 20.4. The van der Waals surface area contributed by atoms with Gasteiger partial charge in [-0.1, -0.05) is 25.5 Å². The first-order valence-corrected chi connectivity index (χ1v) is 11.4. The minimum Gasteiger partial charge on any atom is -0.341 e. The van der Waals surface area contributed by atoms with Gasteiger partial charge >= 0.3 is 0 Å². The van der Waals surface area contributed by atoms with E-state index in [0.717, 1.165) is 35.9 Å². The number of nitrogens with zero attached hydrogens (tertiary/aromatic N) is 3. The number of fused-ring (bicyclic) bond motifs is 1. The molecule has 1 aliphatic carbocycles. The van der Waals surface area contributed by atoms with Crippen LogP contribution in [0, 0.1) is 23.7 Å². The van der Waals surface area contributed by atoms with Crippen LogP contribution >= 0.6 is 0 Å². The van der Waals surface area contributed by atoms with Gasteiger partial charge in [0.2, 0.25) is 0 Å². The van der Waals surface area contributed by atoms with Crippen molar-refractivity contribution >= 4 is 11.2 Å². The van der Waals surface area contributed by atoms with Crippen LogP contribution in [0.2, 0.25) is 0 Å². The molecule has 1 fully saturated rings. The van der Waals surface area contributed by atoms with E-state index in [1.165, 1.54) is 37.9 Å². The summed E-state index contributed by atoms with van der Waals surface area (Å²) in [7, 11) is 2.23. The number of nitrogens with one attached hydrogen (secondary N) is 2. The number of piperidine rings is 1. The number of aromatic nitrogens is 3. The highest BCUT2D eigenvalue weighted by Gasteiger charge is 2.32. The molecule has 2 aromatic rings.